The SMILES string of the molecule is CC(C)(C)[C@@H]1Cc2c(cc(N3CC4(COC4)C3)c3c2CCO3)-c2cc(=O)c(C(=O)O)cn21. The van der Waals surface area contributed by atoms with Crippen molar-refractivity contribution in [3.8, 4) is 17.0 Å². The van der Waals surface area contributed by atoms with Crippen LogP contribution in [0.4, 0.5) is 5.69 Å². The summed E-state index contributed by atoms with van der Waals surface area (Å²) in [5, 5.41) is 9.57. The van der Waals surface area contributed by atoms with Crippen molar-refractivity contribution < 1.29 is 19.4 Å². The number of carboxylic acid groups (broad SMARTS) is 1. The summed E-state index contributed by atoms with van der Waals surface area (Å²) in [6, 6.07) is 3.72. The van der Waals surface area contributed by atoms with Gasteiger partial charge in [0, 0.05) is 48.9 Å². The lowest BCUT2D eigenvalue weighted by Crippen LogP contribution is -2.66. The van der Waals surface area contributed by atoms with E-state index in [2.05, 4.69) is 31.7 Å². The molecule has 6 rings (SSSR count). The number of ether oxygens (including phenoxy) is 2. The number of benzene rings is 1. The molecule has 1 atom stereocenters. The number of aromatic carboxylic acids is 1. The molecule has 1 aromatic carbocycles. The second kappa shape index (κ2) is 6.38. The Bertz CT molecular complexity index is 1210. The average molecular weight is 437 g/mol. The maximum Gasteiger partial charge on any atom is 0.341 e. The third-order valence-corrected chi connectivity index (χ3v) is 7.60. The van der Waals surface area contributed by atoms with Gasteiger partial charge in [-0.1, -0.05) is 20.8 Å². The van der Waals surface area contributed by atoms with E-state index < -0.39 is 11.4 Å². The second-order valence-corrected chi connectivity index (χ2v) is 10.9. The predicted molar refractivity (Wildman–Crippen MR) is 120 cm³/mol. The molecule has 0 aliphatic carbocycles. The standard InChI is InChI=1S/C25H28N2O5/c1-24(2,3)21-7-15-14-4-5-32-22(14)19(26-10-25(11-26)12-31-13-25)6-16(15)18-8-20(28)17(23(29)30)9-27(18)21/h6,8-9,21H,4-5,7,10-13H2,1-3H3,(H,29,30)/t21-/m0/s1. The first-order chi connectivity index (χ1) is 15.2. The van der Waals surface area contributed by atoms with Crippen LogP contribution < -0.4 is 15.1 Å². The molecule has 0 radical (unpaired) electrons. The van der Waals surface area contributed by atoms with Crippen LogP contribution in [0.15, 0.2) is 23.1 Å². The highest BCUT2D eigenvalue weighted by molar-refractivity contribution is 5.88. The molecule has 2 fully saturated rings. The van der Waals surface area contributed by atoms with Crippen LogP contribution >= 0.6 is 0 Å². The summed E-state index contributed by atoms with van der Waals surface area (Å²) < 4.78 is 13.6. The molecular weight excluding hydrogens is 408 g/mol. The number of aromatic nitrogens is 1. The maximum atomic E-state index is 12.7. The van der Waals surface area contributed by atoms with Gasteiger partial charge in [0.2, 0.25) is 0 Å². The highest BCUT2D eigenvalue weighted by Gasteiger charge is 2.50. The first kappa shape index (κ1) is 19.9. The van der Waals surface area contributed by atoms with E-state index in [9.17, 15) is 14.7 Å². The lowest BCUT2D eigenvalue weighted by molar-refractivity contribution is -0.127. The maximum absolute atomic E-state index is 12.7. The van der Waals surface area contributed by atoms with E-state index in [1.807, 2.05) is 4.57 Å². The van der Waals surface area contributed by atoms with Crippen molar-refractivity contribution in [2.75, 3.05) is 37.8 Å². The molecule has 2 aromatic rings. The molecule has 2 saturated heterocycles. The summed E-state index contributed by atoms with van der Waals surface area (Å²) in [4.78, 5) is 26.8. The first-order valence-electron chi connectivity index (χ1n) is 11.3. The fraction of sp³-hybridized carbons (Fsp3) is 0.520. The molecule has 32 heavy (non-hydrogen) atoms. The van der Waals surface area contributed by atoms with E-state index in [0.717, 1.165) is 61.8 Å². The first-order valence-corrected chi connectivity index (χ1v) is 11.3. The monoisotopic (exact) mass is 436 g/mol. The largest absolute Gasteiger partial charge is 0.491 e. The highest BCUT2D eigenvalue weighted by Crippen LogP contribution is 2.52. The third-order valence-electron chi connectivity index (χ3n) is 7.60. The minimum Gasteiger partial charge on any atom is -0.491 e. The molecule has 5 heterocycles. The normalized spacial score (nSPS) is 22.3. The zero-order valence-electron chi connectivity index (χ0n) is 18.7. The lowest BCUT2D eigenvalue weighted by Gasteiger charge is -2.56. The Balaban J connectivity index is 1.55. The Morgan fingerprint density at radius 1 is 1.19 bits per heavy atom. The van der Waals surface area contributed by atoms with Crippen molar-refractivity contribution in [1.82, 2.24) is 4.57 Å². The number of fused-ring (bicyclic) bond motifs is 5. The van der Waals surface area contributed by atoms with Crippen LogP contribution in [0, 0.1) is 10.8 Å². The van der Waals surface area contributed by atoms with Crippen LogP contribution in [0.25, 0.3) is 11.3 Å². The Morgan fingerprint density at radius 2 is 1.94 bits per heavy atom. The summed E-state index contributed by atoms with van der Waals surface area (Å²) in [6.07, 6.45) is 3.20. The van der Waals surface area contributed by atoms with Gasteiger partial charge in [0.1, 0.15) is 11.3 Å². The van der Waals surface area contributed by atoms with E-state index >= 15 is 0 Å². The molecule has 4 aliphatic rings. The van der Waals surface area contributed by atoms with Gasteiger partial charge in [0.25, 0.3) is 0 Å². The van der Waals surface area contributed by atoms with E-state index in [4.69, 9.17) is 9.47 Å². The van der Waals surface area contributed by atoms with Crippen molar-refractivity contribution in [2.24, 2.45) is 10.8 Å². The van der Waals surface area contributed by atoms with Crippen molar-refractivity contribution in [3.05, 3.63) is 45.2 Å². The van der Waals surface area contributed by atoms with Gasteiger partial charge < -0.3 is 24.0 Å². The number of pyridine rings is 1. The minimum absolute atomic E-state index is 0.0404. The van der Waals surface area contributed by atoms with Crippen molar-refractivity contribution in [3.63, 3.8) is 0 Å². The Hall–Kier alpha value is -2.80. The highest BCUT2D eigenvalue weighted by atomic mass is 16.5. The van der Waals surface area contributed by atoms with Crippen molar-refractivity contribution in [2.45, 2.75) is 39.7 Å². The summed E-state index contributed by atoms with van der Waals surface area (Å²) in [5.41, 5.74) is 4.96. The van der Waals surface area contributed by atoms with Gasteiger partial charge in [-0.2, -0.15) is 0 Å². The van der Waals surface area contributed by atoms with Crippen LogP contribution in [0.5, 0.6) is 5.75 Å². The Kier molecular flexibility index (Phi) is 3.96. The molecule has 7 heteroatoms. The molecule has 1 aromatic heterocycles. The van der Waals surface area contributed by atoms with Crippen LogP contribution in [0.3, 0.4) is 0 Å². The van der Waals surface area contributed by atoms with Crippen LogP contribution in [-0.4, -0.2) is 48.6 Å². The summed E-state index contributed by atoms with van der Waals surface area (Å²) in [6.45, 7) is 10.7. The van der Waals surface area contributed by atoms with Gasteiger partial charge >= 0.3 is 5.97 Å². The van der Waals surface area contributed by atoms with Gasteiger partial charge in [0.15, 0.2) is 5.43 Å². The number of nitrogens with zero attached hydrogens (tertiary/aromatic N) is 2. The smallest absolute Gasteiger partial charge is 0.341 e. The fourth-order valence-electron chi connectivity index (χ4n) is 5.83. The summed E-state index contributed by atoms with van der Waals surface area (Å²) in [5.74, 6) is -0.190. The van der Waals surface area contributed by atoms with Gasteiger partial charge in [-0.05, 0) is 23.5 Å². The molecule has 168 valence electrons. The van der Waals surface area contributed by atoms with Crippen LogP contribution in [0.1, 0.15) is 48.3 Å². The number of anilines is 1. The zero-order chi connectivity index (χ0) is 22.4. The zero-order valence-corrected chi connectivity index (χ0v) is 18.7. The van der Waals surface area contributed by atoms with Crippen LogP contribution in [-0.2, 0) is 17.6 Å². The number of carbonyl (C=O) groups is 1. The van der Waals surface area contributed by atoms with Gasteiger partial charge in [-0.15, -0.1) is 0 Å². The fourth-order valence-corrected chi connectivity index (χ4v) is 5.83. The third kappa shape index (κ3) is 2.70. The summed E-state index contributed by atoms with van der Waals surface area (Å²) >= 11 is 0. The van der Waals surface area contributed by atoms with E-state index in [1.165, 1.54) is 17.2 Å². The second-order valence-electron chi connectivity index (χ2n) is 10.9. The molecule has 1 N–H and O–H groups in total. The van der Waals surface area contributed by atoms with Gasteiger partial charge in [-0.25, -0.2) is 4.79 Å². The summed E-state index contributed by atoms with van der Waals surface area (Å²) in [7, 11) is 0. The number of hydrogen-bond donors (Lipinski definition) is 1. The molecular formula is C25H28N2O5. The number of rotatable bonds is 2. The topological polar surface area (TPSA) is 81.0 Å². The number of carboxylic acids is 1. The molecule has 0 saturated carbocycles. The Labute approximate surface area is 186 Å². The molecule has 1 spiro atoms. The Morgan fingerprint density at radius 3 is 2.56 bits per heavy atom. The van der Waals surface area contributed by atoms with Gasteiger partial charge in [-0.3, -0.25) is 4.79 Å². The predicted octanol–water partition coefficient (Wildman–Crippen LogP) is 3.13. The van der Waals surface area contributed by atoms with E-state index in [1.54, 1.807) is 6.20 Å². The van der Waals surface area contributed by atoms with Gasteiger partial charge in [0.05, 0.1) is 36.6 Å². The molecule has 7 nitrogen and oxygen atoms in total. The lowest BCUT2D eigenvalue weighted by atomic mass is 9.75. The van der Waals surface area contributed by atoms with Crippen molar-refractivity contribution in [1.29, 1.82) is 0 Å². The van der Waals surface area contributed by atoms with Crippen LogP contribution in [0.2, 0.25) is 0 Å². The van der Waals surface area contributed by atoms with E-state index in [0.29, 0.717) is 6.61 Å². The molecule has 0 amide bonds. The quantitative estimate of drug-likeness (QED) is 0.779. The van der Waals surface area contributed by atoms with E-state index in [-0.39, 0.29) is 22.4 Å². The average Bonchev–Trinajstić information content (AvgIpc) is 3.14. The number of hydrogen-bond acceptors (Lipinski definition) is 5. The molecule has 0 bridgehead atoms. The molecule has 0 unspecified atom stereocenters. The van der Waals surface area contributed by atoms with Crippen molar-refractivity contribution >= 4 is 11.7 Å². The molecule has 4 aliphatic heterocycles. The minimum atomic E-state index is -1.18.